The van der Waals surface area contributed by atoms with Crippen molar-refractivity contribution in [2.75, 3.05) is 13.1 Å². The highest BCUT2D eigenvalue weighted by Gasteiger charge is 2.27. The summed E-state index contributed by atoms with van der Waals surface area (Å²) in [5.74, 6) is 0.840. The van der Waals surface area contributed by atoms with Crippen LogP contribution in [0.15, 0.2) is 22.9 Å². The van der Waals surface area contributed by atoms with E-state index in [0.717, 1.165) is 18.4 Å². The first kappa shape index (κ1) is 19.6. The number of rotatable bonds is 4. The molecule has 0 spiro atoms. The van der Waals surface area contributed by atoms with Crippen LogP contribution in [0, 0.1) is 0 Å². The Bertz CT molecular complexity index is 764. The standard InChI is InChI=1S/C18H23ClN4O4/c1-18(2,3)26-17(24)23-8-6-13(7-9-23)25-11-15-21-16(22-27-15)12-4-5-14(19)20-10-12/h4-5,10,13H,6-9,11H2,1-3H3. The zero-order valence-electron chi connectivity index (χ0n) is 15.6. The summed E-state index contributed by atoms with van der Waals surface area (Å²) in [6.07, 6.45) is 2.82. The van der Waals surface area contributed by atoms with Crippen molar-refractivity contribution in [1.29, 1.82) is 0 Å². The lowest BCUT2D eigenvalue weighted by Gasteiger charge is -2.33. The van der Waals surface area contributed by atoms with Crippen LogP contribution >= 0.6 is 11.6 Å². The van der Waals surface area contributed by atoms with Gasteiger partial charge < -0.3 is 18.9 Å². The maximum absolute atomic E-state index is 12.1. The average Bonchev–Trinajstić information content (AvgIpc) is 3.08. The molecule has 0 atom stereocenters. The molecule has 3 heterocycles. The third kappa shape index (κ3) is 5.64. The first-order chi connectivity index (χ1) is 12.8. The molecule has 0 N–H and O–H groups in total. The SMILES string of the molecule is CC(C)(C)OC(=O)N1CCC(OCc2nc(-c3ccc(Cl)nc3)no2)CC1. The molecule has 2 aromatic heterocycles. The van der Waals surface area contributed by atoms with Crippen molar-refractivity contribution < 1.29 is 18.8 Å². The molecular formula is C18H23ClN4O4. The van der Waals surface area contributed by atoms with Gasteiger partial charge in [0.15, 0.2) is 0 Å². The quantitative estimate of drug-likeness (QED) is 0.730. The molecule has 146 valence electrons. The highest BCUT2D eigenvalue weighted by molar-refractivity contribution is 6.29. The summed E-state index contributed by atoms with van der Waals surface area (Å²) < 4.78 is 16.5. The van der Waals surface area contributed by atoms with Gasteiger partial charge in [-0.1, -0.05) is 16.8 Å². The van der Waals surface area contributed by atoms with Gasteiger partial charge in [0.25, 0.3) is 5.89 Å². The predicted octanol–water partition coefficient (Wildman–Crippen LogP) is 3.70. The third-order valence-electron chi connectivity index (χ3n) is 3.99. The smallest absolute Gasteiger partial charge is 0.410 e. The normalized spacial score (nSPS) is 15.8. The van der Waals surface area contributed by atoms with Gasteiger partial charge in [0.1, 0.15) is 17.4 Å². The average molecular weight is 395 g/mol. The Hall–Kier alpha value is -2.19. The lowest BCUT2D eigenvalue weighted by molar-refractivity contribution is -0.0231. The fraction of sp³-hybridized carbons (Fsp3) is 0.556. The highest BCUT2D eigenvalue weighted by Crippen LogP contribution is 2.20. The maximum Gasteiger partial charge on any atom is 0.410 e. The van der Waals surface area contributed by atoms with Crippen LogP contribution in [0.3, 0.4) is 0 Å². The summed E-state index contributed by atoms with van der Waals surface area (Å²) in [5, 5.41) is 4.34. The molecule has 1 aliphatic heterocycles. The Kier molecular flexibility index (Phi) is 5.96. The van der Waals surface area contributed by atoms with E-state index in [0.29, 0.717) is 30.0 Å². The van der Waals surface area contributed by atoms with Gasteiger partial charge >= 0.3 is 6.09 Å². The summed E-state index contributed by atoms with van der Waals surface area (Å²) in [4.78, 5) is 22.1. The summed E-state index contributed by atoms with van der Waals surface area (Å²) in [6, 6.07) is 3.44. The number of hydrogen-bond donors (Lipinski definition) is 0. The van der Waals surface area contributed by atoms with Gasteiger partial charge in [-0.05, 0) is 45.7 Å². The Labute approximate surface area is 162 Å². The van der Waals surface area contributed by atoms with Crippen molar-refractivity contribution in [1.82, 2.24) is 20.0 Å². The van der Waals surface area contributed by atoms with Crippen LogP contribution in [-0.2, 0) is 16.1 Å². The maximum atomic E-state index is 12.1. The lowest BCUT2D eigenvalue weighted by Crippen LogP contribution is -2.43. The second-order valence-electron chi connectivity index (χ2n) is 7.36. The first-order valence-electron chi connectivity index (χ1n) is 8.84. The van der Waals surface area contributed by atoms with Crippen molar-refractivity contribution in [3.63, 3.8) is 0 Å². The van der Waals surface area contributed by atoms with Crippen molar-refractivity contribution in [2.45, 2.75) is 51.9 Å². The molecule has 0 saturated carbocycles. The Morgan fingerprint density at radius 2 is 2.07 bits per heavy atom. The van der Waals surface area contributed by atoms with Crippen molar-refractivity contribution >= 4 is 17.7 Å². The van der Waals surface area contributed by atoms with E-state index in [4.69, 9.17) is 25.6 Å². The largest absolute Gasteiger partial charge is 0.444 e. The monoisotopic (exact) mass is 394 g/mol. The molecule has 0 bridgehead atoms. The van der Waals surface area contributed by atoms with Crippen LogP contribution in [0.1, 0.15) is 39.5 Å². The topological polar surface area (TPSA) is 90.6 Å². The minimum Gasteiger partial charge on any atom is -0.444 e. The molecule has 0 aliphatic carbocycles. The van der Waals surface area contributed by atoms with Crippen LogP contribution < -0.4 is 0 Å². The van der Waals surface area contributed by atoms with E-state index >= 15 is 0 Å². The number of aromatic nitrogens is 3. The van der Waals surface area contributed by atoms with E-state index in [1.165, 1.54) is 0 Å². The molecule has 0 radical (unpaired) electrons. The fourth-order valence-corrected chi connectivity index (χ4v) is 2.77. The predicted molar refractivity (Wildman–Crippen MR) is 98.2 cm³/mol. The van der Waals surface area contributed by atoms with Gasteiger partial charge in [-0.2, -0.15) is 4.98 Å². The van der Waals surface area contributed by atoms with Crippen LogP contribution in [0.4, 0.5) is 4.79 Å². The number of amides is 1. The van der Waals surface area contributed by atoms with E-state index in [-0.39, 0.29) is 18.8 Å². The summed E-state index contributed by atoms with van der Waals surface area (Å²) in [5.41, 5.74) is 0.236. The summed E-state index contributed by atoms with van der Waals surface area (Å²) >= 11 is 5.77. The number of pyridine rings is 1. The summed E-state index contributed by atoms with van der Waals surface area (Å²) in [6.45, 7) is 7.01. The van der Waals surface area contributed by atoms with Crippen LogP contribution in [0.5, 0.6) is 0 Å². The lowest BCUT2D eigenvalue weighted by atomic mass is 10.1. The zero-order chi connectivity index (χ0) is 19.4. The zero-order valence-corrected chi connectivity index (χ0v) is 16.4. The number of likely N-dealkylation sites (tertiary alicyclic amines) is 1. The molecule has 1 fully saturated rings. The molecule has 0 aromatic carbocycles. The van der Waals surface area contributed by atoms with Crippen molar-refractivity contribution in [3.8, 4) is 11.4 Å². The van der Waals surface area contributed by atoms with Crippen molar-refractivity contribution in [3.05, 3.63) is 29.4 Å². The Morgan fingerprint density at radius 3 is 2.70 bits per heavy atom. The number of halogens is 1. The van der Waals surface area contributed by atoms with Gasteiger partial charge in [-0.25, -0.2) is 9.78 Å². The van der Waals surface area contributed by atoms with E-state index in [1.54, 1.807) is 23.2 Å². The highest BCUT2D eigenvalue weighted by atomic mass is 35.5. The van der Waals surface area contributed by atoms with Gasteiger partial charge in [-0.15, -0.1) is 0 Å². The van der Waals surface area contributed by atoms with Gasteiger partial charge in [0.2, 0.25) is 5.82 Å². The number of hydrogen-bond acceptors (Lipinski definition) is 7. The van der Waals surface area contributed by atoms with Crippen LogP contribution in [0.2, 0.25) is 5.15 Å². The molecule has 8 nitrogen and oxygen atoms in total. The van der Waals surface area contributed by atoms with E-state index in [2.05, 4.69) is 15.1 Å². The number of nitrogens with zero attached hydrogens (tertiary/aromatic N) is 4. The van der Waals surface area contributed by atoms with Crippen LogP contribution in [0.25, 0.3) is 11.4 Å². The molecule has 9 heteroatoms. The van der Waals surface area contributed by atoms with Gasteiger partial charge in [-0.3, -0.25) is 0 Å². The van der Waals surface area contributed by atoms with E-state index in [9.17, 15) is 4.79 Å². The fourth-order valence-electron chi connectivity index (χ4n) is 2.66. The van der Waals surface area contributed by atoms with Gasteiger partial charge in [0.05, 0.1) is 6.10 Å². The number of ether oxygens (including phenoxy) is 2. The van der Waals surface area contributed by atoms with E-state index in [1.807, 2.05) is 20.8 Å². The minimum atomic E-state index is -0.486. The molecule has 0 unspecified atom stereocenters. The van der Waals surface area contributed by atoms with Crippen LogP contribution in [-0.4, -0.2) is 50.9 Å². The molecule has 3 rings (SSSR count). The Balaban J connectivity index is 1.45. The number of carbonyl (C=O) groups is 1. The third-order valence-corrected chi connectivity index (χ3v) is 4.21. The molecule has 1 saturated heterocycles. The number of carbonyl (C=O) groups excluding carboxylic acids is 1. The molecule has 1 amide bonds. The first-order valence-corrected chi connectivity index (χ1v) is 9.22. The summed E-state index contributed by atoms with van der Waals surface area (Å²) in [7, 11) is 0. The second-order valence-corrected chi connectivity index (χ2v) is 7.75. The second kappa shape index (κ2) is 8.22. The van der Waals surface area contributed by atoms with Crippen molar-refractivity contribution in [2.24, 2.45) is 0 Å². The molecular weight excluding hydrogens is 372 g/mol. The molecule has 27 heavy (non-hydrogen) atoms. The minimum absolute atomic E-state index is 0.0382. The molecule has 2 aromatic rings. The number of piperidine rings is 1. The molecule has 1 aliphatic rings. The van der Waals surface area contributed by atoms with E-state index < -0.39 is 5.60 Å². The van der Waals surface area contributed by atoms with Gasteiger partial charge in [0, 0.05) is 24.8 Å². The Morgan fingerprint density at radius 1 is 1.33 bits per heavy atom.